The fraction of sp³-hybridized carbons (Fsp3) is 0. The molecule has 0 amide bonds. The molecule has 0 saturated heterocycles. The molecule has 0 atom stereocenters. The lowest BCUT2D eigenvalue weighted by Crippen LogP contribution is -2.04. The van der Waals surface area contributed by atoms with Crippen LogP contribution in [0.4, 0.5) is 0 Å². The molecule has 0 bridgehead atoms. The lowest BCUT2D eigenvalue weighted by molar-refractivity contribution is 1.08. The van der Waals surface area contributed by atoms with Crippen molar-refractivity contribution in [3.63, 3.8) is 0 Å². The molecule has 644 valence electrons. The van der Waals surface area contributed by atoms with Crippen molar-refractivity contribution in [2.24, 2.45) is 0 Å². The summed E-state index contributed by atoms with van der Waals surface area (Å²) in [5.41, 5.74) is 22.3. The second kappa shape index (κ2) is 32.0. The topological polar surface area (TPSA) is 92.1 Å². The van der Waals surface area contributed by atoms with E-state index in [4.69, 9.17) is 29.9 Å². The van der Waals surface area contributed by atoms with E-state index in [9.17, 15) is 0 Å². The van der Waals surface area contributed by atoms with Crippen molar-refractivity contribution in [1.29, 1.82) is 0 Å². The number of hydrogen-bond acceptors (Lipinski definition) is 6. The molecular formula is C130H79N9. The first-order chi connectivity index (χ1) is 68.9. The van der Waals surface area contributed by atoms with Crippen LogP contribution in [0.15, 0.2) is 479 Å². The van der Waals surface area contributed by atoms with Gasteiger partial charge in [0.05, 0.1) is 77.8 Å². The Balaban J connectivity index is 0.000000103. The first-order valence-corrected chi connectivity index (χ1v) is 47.4. The predicted molar refractivity (Wildman–Crippen MR) is 584 cm³/mol. The molecule has 24 aromatic carbocycles. The van der Waals surface area contributed by atoms with E-state index in [0.29, 0.717) is 0 Å². The summed E-state index contributed by atoms with van der Waals surface area (Å²) >= 11 is 0. The lowest BCUT2D eigenvalue weighted by atomic mass is 9.95. The van der Waals surface area contributed by atoms with Crippen LogP contribution in [0, 0.1) is 0 Å². The lowest BCUT2D eigenvalue weighted by Gasteiger charge is -2.15. The van der Waals surface area contributed by atoms with Crippen LogP contribution in [-0.4, -0.2) is 43.6 Å². The molecule has 0 aliphatic rings. The molecule has 9 heteroatoms. The Morgan fingerprint density at radius 1 is 0.144 bits per heavy atom. The van der Waals surface area contributed by atoms with Gasteiger partial charge in [-0.1, -0.05) is 382 Å². The molecule has 0 aliphatic heterocycles. The van der Waals surface area contributed by atoms with E-state index in [-0.39, 0.29) is 0 Å². The number of nitrogens with zero attached hydrogens (tertiary/aromatic N) is 9. The summed E-state index contributed by atoms with van der Waals surface area (Å²) in [6.45, 7) is 0. The third kappa shape index (κ3) is 13.0. The zero-order valence-corrected chi connectivity index (χ0v) is 75.1. The fourth-order valence-electron chi connectivity index (χ4n) is 22.0. The zero-order valence-electron chi connectivity index (χ0n) is 75.1. The van der Waals surface area contributed by atoms with Crippen molar-refractivity contribution in [3.05, 3.63) is 479 Å². The van der Waals surface area contributed by atoms with Crippen LogP contribution in [0.3, 0.4) is 0 Å². The number of benzene rings is 24. The van der Waals surface area contributed by atoms with Crippen molar-refractivity contribution >= 4 is 206 Å². The summed E-state index contributed by atoms with van der Waals surface area (Å²) in [6.07, 6.45) is 0. The van der Waals surface area contributed by atoms with Gasteiger partial charge in [0.15, 0.2) is 11.6 Å². The van der Waals surface area contributed by atoms with Crippen LogP contribution < -0.4 is 0 Å². The van der Waals surface area contributed by atoms with Gasteiger partial charge in [-0.15, -0.1) is 0 Å². The maximum absolute atomic E-state index is 5.49. The van der Waals surface area contributed by atoms with Crippen molar-refractivity contribution in [2.45, 2.75) is 0 Å². The average Bonchev–Trinajstić information content (AvgIpc) is 1.46. The Morgan fingerprint density at radius 3 is 0.914 bits per heavy atom. The minimum Gasteiger partial charge on any atom is -0.309 e. The summed E-state index contributed by atoms with van der Waals surface area (Å²) in [4.78, 5) is 31.5. The number of rotatable bonds is 8. The van der Waals surface area contributed by atoms with Gasteiger partial charge in [0.25, 0.3) is 0 Å². The van der Waals surface area contributed by atoms with E-state index >= 15 is 0 Å². The third-order valence-electron chi connectivity index (χ3n) is 28.4. The van der Waals surface area contributed by atoms with Gasteiger partial charge >= 0.3 is 0 Å². The van der Waals surface area contributed by atoms with E-state index in [1.54, 1.807) is 0 Å². The highest BCUT2D eigenvalue weighted by molar-refractivity contribution is 6.28. The van der Waals surface area contributed by atoms with Gasteiger partial charge < -0.3 is 9.13 Å². The summed E-state index contributed by atoms with van der Waals surface area (Å²) in [7, 11) is 0. The molecule has 139 heavy (non-hydrogen) atoms. The highest BCUT2D eigenvalue weighted by atomic mass is 15.1. The van der Waals surface area contributed by atoms with E-state index in [1.165, 1.54) is 151 Å². The molecule has 6 heterocycles. The van der Waals surface area contributed by atoms with E-state index < -0.39 is 0 Å². The molecule has 0 aliphatic carbocycles. The highest BCUT2D eigenvalue weighted by Gasteiger charge is 2.26. The van der Waals surface area contributed by atoms with E-state index in [2.05, 4.69) is 450 Å². The first kappa shape index (κ1) is 78.9. The van der Waals surface area contributed by atoms with Crippen LogP contribution in [0.5, 0.6) is 0 Å². The number of hydrogen-bond donors (Lipinski definition) is 0. The zero-order chi connectivity index (χ0) is 91.3. The molecule has 0 radical (unpaired) electrons. The Kier molecular flexibility index (Phi) is 18.2. The number of fused-ring (bicyclic) bond motifs is 29. The number of aromatic nitrogens is 9. The van der Waals surface area contributed by atoms with Crippen LogP contribution >= 0.6 is 0 Å². The van der Waals surface area contributed by atoms with Crippen molar-refractivity contribution in [1.82, 2.24) is 43.6 Å². The standard InChI is InChI=1S/2C44H27N3.C42H25N3/c1-3-12-30(13-4-1)43-44(31-14-5-2-6-15-31)46-39-26-33(23-24-38(39)45-43)47-40-18-10-9-17-35(40)37-27-36-32(25-41(37)47)22-21-29-20-19-28-11-7-8-16-34(28)42(29)36;1-3-12-30(13-4-1)43-36-24-23-33(26-39(36)45-44(46-43)31-14-5-2-6-15-31)47-40-18-10-9-17-35(40)38-27-37-32(25-41(38)47)22-21-29-20-19-28-11-7-8-16-34(28)42(29)37;1-2-12-29(13-3-1)40-42(44-41-32-15-7-5-11-27(32)22-23-36(41)43-40)45-37-17-9-8-16-33(37)35-25-34-30(24-38(35)45)21-20-28-19-18-26-10-4-6-14-31(26)39(28)34/h2*1-27H;1-25H. The Morgan fingerprint density at radius 2 is 0.460 bits per heavy atom. The first-order valence-electron chi connectivity index (χ1n) is 47.4. The summed E-state index contributed by atoms with van der Waals surface area (Å²) in [5.74, 6) is 1.56. The Hall–Kier alpha value is -18.7. The van der Waals surface area contributed by atoms with E-state index in [0.717, 1.165) is 128 Å². The molecule has 0 fully saturated rings. The smallest absolute Gasteiger partial charge is 0.165 e. The highest BCUT2D eigenvalue weighted by Crippen LogP contribution is 2.47. The molecule has 30 aromatic rings. The van der Waals surface area contributed by atoms with Crippen LogP contribution in [-0.2, 0) is 0 Å². The molecule has 0 saturated carbocycles. The SMILES string of the molecule is c1ccc(-c2nc(-c3ccccc3)c3ccc(-n4c5ccccc5c5cc6c(ccc7ccc8ccccc8c76)cc54)cc3n2)cc1.c1ccc(-c2nc3ccc(-n4c5ccccc5c5cc6c(ccc7ccc8ccccc8c76)cc54)cc3nc2-c2ccccc2)cc1.c1ccc(-c2nc3ccc4ccccc4c3nc2-n2c3ccccc3c3cc4c(ccc5ccc6ccccc6c54)cc32)cc1. The van der Waals surface area contributed by atoms with Crippen molar-refractivity contribution in [3.8, 4) is 73.6 Å². The van der Waals surface area contributed by atoms with Gasteiger partial charge in [-0.25, -0.2) is 29.9 Å². The van der Waals surface area contributed by atoms with Gasteiger partial charge in [-0.2, -0.15) is 0 Å². The molecular weight excluding hydrogens is 1690 g/mol. The number of para-hydroxylation sites is 3. The quantitative estimate of drug-likeness (QED) is 0.141. The van der Waals surface area contributed by atoms with Gasteiger partial charge in [0.2, 0.25) is 0 Å². The second-order valence-corrected chi connectivity index (χ2v) is 36.3. The van der Waals surface area contributed by atoms with Gasteiger partial charge in [-0.05, 0) is 199 Å². The minimum atomic E-state index is 0.724. The van der Waals surface area contributed by atoms with E-state index in [1.807, 2.05) is 42.5 Å². The van der Waals surface area contributed by atoms with Gasteiger partial charge in [-0.3, -0.25) is 4.57 Å². The Labute approximate surface area is 797 Å². The summed E-state index contributed by atoms with van der Waals surface area (Å²) in [6, 6.07) is 171. The minimum absolute atomic E-state index is 0.724. The van der Waals surface area contributed by atoms with Crippen LogP contribution in [0.1, 0.15) is 0 Å². The molecule has 0 spiro atoms. The molecule has 30 rings (SSSR count). The molecule has 9 nitrogen and oxygen atoms in total. The fourth-order valence-corrected chi connectivity index (χ4v) is 22.0. The normalized spacial score (nSPS) is 11.9. The van der Waals surface area contributed by atoms with Crippen LogP contribution in [0.2, 0.25) is 0 Å². The third-order valence-corrected chi connectivity index (χ3v) is 28.4. The summed E-state index contributed by atoms with van der Waals surface area (Å²) < 4.78 is 7.10. The molecule has 0 unspecified atom stereocenters. The van der Waals surface area contributed by atoms with Crippen molar-refractivity contribution < 1.29 is 0 Å². The van der Waals surface area contributed by atoms with Gasteiger partial charge in [0.1, 0.15) is 5.69 Å². The molecule has 0 N–H and O–H groups in total. The largest absolute Gasteiger partial charge is 0.309 e. The second-order valence-electron chi connectivity index (χ2n) is 36.3. The van der Waals surface area contributed by atoms with Gasteiger partial charge in [0, 0.05) is 82.3 Å². The Bertz CT molecular complexity index is 10300. The monoisotopic (exact) mass is 1770 g/mol. The van der Waals surface area contributed by atoms with Crippen LogP contribution in [0.25, 0.3) is 280 Å². The summed E-state index contributed by atoms with van der Waals surface area (Å²) in [5, 5.41) is 33.5. The average molecular weight is 1770 g/mol. The maximum atomic E-state index is 5.49. The predicted octanol–water partition coefficient (Wildman–Crippen LogP) is 34.0. The molecule has 6 aromatic heterocycles. The van der Waals surface area contributed by atoms with Crippen molar-refractivity contribution in [2.75, 3.05) is 0 Å². The maximum Gasteiger partial charge on any atom is 0.165 e.